The number of ether oxygens (including phenoxy) is 1. The first-order chi connectivity index (χ1) is 8.58. The minimum atomic E-state index is -0.581. The number of esters is 1. The van der Waals surface area contributed by atoms with Crippen LogP contribution in [0.3, 0.4) is 0 Å². The van der Waals surface area contributed by atoms with Gasteiger partial charge in [0.05, 0.1) is 12.3 Å². The summed E-state index contributed by atoms with van der Waals surface area (Å²) in [4.78, 5) is 22.9. The van der Waals surface area contributed by atoms with Crippen LogP contribution in [0.15, 0.2) is 6.20 Å². The van der Waals surface area contributed by atoms with Crippen molar-refractivity contribution in [1.82, 2.24) is 15.1 Å². The van der Waals surface area contributed by atoms with Crippen molar-refractivity contribution in [2.24, 2.45) is 0 Å². The minimum absolute atomic E-state index is 0.0314. The summed E-state index contributed by atoms with van der Waals surface area (Å²) in [5.41, 5.74) is 5.88. The van der Waals surface area contributed by atoms with Crippen LogP contribution in [0.5, 0.6) is 0 Å². The number of nitrogens with one attached hydrogen (secondary N) is 1. The van der Waals surface area contributed by atoms with Gasteiger partial charge in [-0.3, -0.25) is 9.48 Å². The Morgan fingerprint density at radius 3 is 2.83 bits per heavy atom. The molecule has 1 rings (SSSR count). The number of anilines is 1. The third-order valence-corrected chi connectivity index (χ3v) is 2.14. The molecule has 1 heterocycles. The standard InChI is InChI=1S/C11H18N4O3/c1-3-5-13-9(16)7-15-6-8(12)10(14-15)11(17)18-4-2/h6H,3-5,7,12H2,1-2H3,(H,13,16). The number of rotatable bonds is 6. The van der Waals surface area contributed by atoms with E-state index in [1.165, 1.54) is 10.9 Å². The molecular weight excluding hydrogens is 236 g/mol. The lowest BCUT2D eigenvalue weighted by Gasteiger charge is -2.03. The van der Waals surface area contributed by atoms with Crippen LogP contribution in [0.25, 0.3) is 0 Å². The summed E-state index contributed by atoms with van der Waals surface area (Å²) in [5, 5.41) is 6.64. The van der Waals surface area contributed by atoms with Crippen molar-refractivity contribution in [3.8, 4) is 0 Å². The predicted octanol–water partition coefficient (Wildman–Crippen LogP) is 0.168. The number of nitrogen functional groups attached to an aromatic ring is 1. The molecule has 0 saturated carbocycles. The highest BCUT2D eigenvalue weighted by Crippen LogP contribution is 2.10. The van der Waals surface area contributed by atoms with E-state index in [1.807, 2.05) is 6.92 Å². The minimum Gasteiger partial charge on any atom is -0.461 e. The molecule has 100 valence electrons. The van der Waals surface area contributed by atoms with E-state index in [0.717, 1.165) is 6.42 Å². The number of amides is 1. The Bertz CT molecular complexity index is 428. The average molecular weight is 254 g/mol. The van der Waals surface area contributed by atoms with E-state index >= 15 is 0 Å². The maximum Gasteiger partial charge on any atom is 0.361 e. The molecule has 0 aromatic carbocycles. The average Bonchev–Trinajstić information content (AvgIpc) is 2.68. The number of carbonyl (C=O) groups is 2. The summed E-state index contributed by atoms with van der Waals surface area (Å²) in [6.07, 6.45) is 2.30. The Kier molecular flexibility index (Phi) is 5.16. The highest BCUT2D eigenvalue weighted by molar-refractivity contribution is 5.92. The Morgan fingerprint density at radius 2 is 2.22 bits per heavy atom. The Hall–Kier alpha value is -2.05. The van der Waals surface area contributed by atoms with Gasteiger partial charge in [-0.1, -0.05) is 6.92 Å². The van der Waals surface area contributed by atoms with Gasteiger partial charge < -0.3 is 15.8 Å². The van der Waals surface area contributed by atoms with Gasteiger partial charge in [-0.15, -0.1) is 0 Å². The summed E-state index contributed by atoms with van der Waals surface area (Å²) in [5.74, 6) is -0.752. The van der Waals surface area contributed by atoms with Gasteiger partial charge >= 0.3 is 5.97 Å². The van der Waals surface area contributed by atoms with Gasteiger partial charge in [0.15, 0.2) is 5.69 Å². The molecule has 0 aliphatic rings. The molecule has 3 N–H and O–H groups in total. The number of nitrogens with zero attached hydrogens (tertiary/aromatic N) is 2. The third-order valence-electron chi connectivity index (χ3n) is 2.14. The molecule has 0 aliphatic heterocycles. The van der Waals surface area contributed by atoms with Gasteiger partial charge in [0.25, 0.3) is 0 Å². The highest BCUT2D eigenvalue weighted by Gasteiger charge is 2.16. The fourth-order valence-electron chi connectivity index (χ4n) is 1.34. The molecule has 7 nitrogen and oxygen atoms in total. The van der Waals surface area contributed by atoms with Gasteiger partial charge in [-0.25, -0.2) is 4.79 Å². The third kappa shape index (κ3) is 3.76. The highest BCUT2D eigenvalue weighted by atomic mass is 16.5. The molecule has 0 spiro atoms. The lowest BCUT2D eigenvalue weighted by atomic mass is 10.4. The van der Waals surface area contributed by atoms with E-state index in [1.54, 1.807) is 6.92 Å². The number of carbonyl (C=O) groups excluding carboxylic acids is 2. The summed E-state index contributed by atoms with van der Waals surface area (Å²) in [6.45, 7) is 4.56. The van der Waals surface area contributed by atoms with Crippen LogP contribution in [-0.2, 0) is 16.1 Å². The zero-order chi connectivity index (χ0) is 13.5. The largest absolute Gasteiger partial charge is 0.461 e. The lowest BCUT2D eigenvalue weighted by Crippen LogP contribution is -2.28. The molecule has 7 heteroatoms. The molecule has 0 unspecified atom stereocenters. The van der Waals surface area contributed by atoms with Crippen molar-refractivity contribution in [1.29, 1.82) is 0 Å². The van der Waals surface area contributed by atoms with E-state index in [0.29, 0.717) is 6.54 Å². The molecule has 0 fully saturated rings. The first-order valence-corrected chi connectivity index (χ1v) is 5.85. The molecule has 1 aromatic heterocycles. The van der Waals surface area contributed by atoms with Crippen molar-refractivity contribution in [3.05, 3.63) is 11.9 Å². The summed E-state index contributed by atoms with van der Waals surface area (Å²) < 4.78 is 6.12. The van der Waals surface area contributed by atoms with Gasteiger partial charge in [-0.05, 0) is 13.3 Å². The first-order valence-electron chi connectivity index (χ1n) is 5.85. The number of hydrogen-bond donors (Lipinski definition) is 2. The van der Waals surface area contributed by atoms with Crippen LogP contribution >= 0.6 is 0 Å². The molecule has 0 aliphatic carbocycles. The molecule has 1 amide bonds. The summed E-state index contributed by atoms with van der Waals surface area (Å²) >= 11 is 0. The van der Waals surface area contributed by atoms with Gasteiger partial charge in [0.1, 0.15) is 6.54 Å². The quantitative estimate of drug-likeness (QED) is 0.705. The predicted molar refractivity (Wildman–Crippen MR) is 65.9 cm³/mol. The molecule has 18 heavy (non-hydrogen) atoms. The van der Waals surface area contributed by atoms with Gasteiger partial charge in [0, 0.05) is 12.7 Å². The zero-order valence-electron chi connectivity index (χ0n) is 10.6. The smallest absolute Gasteiger partial charge is 0.361 e. The van der Waals surface area contributed by atoms with Crippen molar-refractivity contribution < 1.29 is 14.3 Å². The Balaban J connectivity index is 2.66. The fourth-order valence-corrected chi connectivity index (χ4v) is 1.34. The topological polar surface area (TPSA) is 99.2 Å². The van der Waals surface area contributed by atoms with Gasteiger partial charge in [0.2, 0.25) is 5.91 Å². The van der Waals surface area contributed by atoms with Crippen LogP contribution in [0.2, 0.25) is 0 Å². The maximum atomic E-state index is 11.5. The van der Waals surface area contributed by atoms with Crippen molar-refractivity contribution in [2.45, 2.75) is 26.8 Å². The van der Waals surface area contributed by atoms with E-state index in [-0.39, 0.29) is 30.4 Å². The molecule has 1 aromatic rings. The van der Waals surface area contributed by atoms with E-state index in [9.17, 15) is 9.59 Å². The summed E-state index contributed by atoms with van der Waals surface area (Å²) in [6, 6.07) is 0. The first kappa shape index (κ1) is 14.0. The van der Waals surface area contributed by atoms with Crippen molar-refractivity contribution in [3.63, 3.8) is 0 Å². The SMILES string of the molecule is CCCNC(=O)Cn1cc(N)c(C(=O)OCC)n1. The molecule has 0 atom stereocenters. The number of aromatic nitrogens is 2. The van der Waals surface area contributed by atoms with E-state index in [2.05, 4.69) is 10.4 Å². The zero-order valence-corrected chi connectivity index (χ0v) is 10.6. The fraction of sp³-hybridized carbons (Fsp3) is 0.545. The lowest BCUT2D eigenvalue weighted by molar-refractivity contribution is -0.121. The van der Waals surface area contributed by atoms with Crippen LogP contribution in [0.1, 0.15) is 30.8 Å². The maximum absolute atomic E-state index is 11.5. The number of nitrogens with two attached hydrogens (primary N) is 1. The van der Waals surface area contributed by atoms with Crippen LogP contribution < -0.4 is 11.1 Å². The van der Waals surface area contributed by atoms with Crippen LogP contribution in [0.4, 0.5) is 5.69 Å². The summed E-state index contributed by atoms with van der Waals surface area (Å²) in [7, 11) is 0. The second-order valence-corrected chi connectivity index (χ2v) is 3.70. The van der Waals surface area contributed by atoms with Gasteiger partial charge in [-0.2, -0.15) is 5.10 Å². The van der Waals surface area contributed by atoms with Crippen molar-refractivity contribution >= 4 is 17.6 Å². The second-order valence-electron chi connectivity index (χ2n) is 3.70. The van der Waals surface area contributed by atoms with E-state index < -0.39 is 5.97 Å². The van der Waals surface area contributed by atoms with Crippen LogP contribution in [-0.4, -0.2) is 34.8 Å². The van der Waals surface area contributed by atoms with E-state index in [4.69, 9.17) is 10.5 Å². The molecule has 0 bridgehead atoms. The molecular formula is C11H18N4O3. The van der Waals surface area contributed by atoms with Crippen molar-refractivity contribution in [2.75, 3.05) is 18.9 Å². The number of hydrogen-bond acceptors (Lipinski definition) is 5. The Labute approximate surface area is 105 Å². The molecule has 0 radical (unpaired) electrons. The van der Waals surface area contributed by atoms with Crippen LogP contribution in [0, 0.1) is 0 Å². The second kappa shape index (κ2) is 6.63. The monoisotopic (exact) mass is 254 g/mol. The Morgan fingerprint density at radius 1 is 1.50 bits per heavy atom. The normalized spacial score (nSPS) is 10.1. The molecule has 0 saturated heterocycles.